The predicted octanol–water partition coefficient (Wildman–Crippen LogP) is 1.82. The van der Waals surface area contributed by atoms with Gasteiger partial charge in [0.05, 0.1) is 12.2 Å². The molecule has 0 spiro atoms. The molecule has 2 saturated heterocycles. The number of aryl methyl sites for hydroxylation is 1. The van der Waals surface area contributed by atoms with Gasteiger partial charge in [0.25, 0.3) is 5.91 Å². The van der Waals surface area contributed by atoms with Crippen molar-refractivity contribution < 1.29 is 4.79 Å². The standard InChI is InChI=1S/C18H20N4O/c1-12-4-2-3-5-14(12)17-15-9-20-8-13(15)11-22(17)18(23)16-10-19-6-7-21-16/h2-7,10,13,15,17,20H,8-9,11H2,1H3/t13-,15-,17+/m0/s1. The summed E-state index contributed by atoms with van der Waals surface area (Å²) in [4.78, 5) is 23.2. The molecule has 5 heteroatoms. The Balaban J connectivity index is 1.73. The van der Waals surface area contributed by atoms with E-state index in [1.165, 1.54) is 11.1 Å². The topological polar surface area (TPSA) is 58.1 Å². The van der Waals surface area contributed by atoms with Crippen LogP contribution in [0.1, 0.15) is 27.7 Å². The van der Waals surface area contributed by atoms with Crippen LogP contribution >= 0.6 is 0 Å². The number of hydrogen-bond donors (Lipinski definition) is 1. The Morgan fingerprint density at radius 1 is 1.26 bits per heavy atom. The third kappa shape index (κ3) is 2.41. The zero-order valence-electron chi connectivity index (χ0n) is 13.1. The lowest BCUT2D eigenvalue weighted by Crippen LogP contribution is -2.35. The van der Waals surface area contributed by atoms with E-state index in [2.05, 4.69) is 40.4 Å². The van der Waals surface area contributed by atoms with Crippen LogP contribution in [0, 0.1) is 18.8 Å². The first-order chi connectivity index (χ1) is 11.3. The van der Waals surface area contributed by atoms with Gasteiger partial charge in [-0.25, -0.2) is 4.98 Å². The van der Waals surface area contributed by atoms with Crippen LogP contribution in [0.3, 0.4) is 0 Å². The summed E-state index contributed by atoms with van der Waals surface area (Å²) >= 11 is 0. The minimum Gasteiger partial charge on any atom is -0.330 e. The Morgan fingerprint density at radius 2 is 2.13 bits per heavy atom. The highest BCUT2D eigenvalue weighted by Gasteiger charge is 2.47. The molecule has 1 aromatic carbocycles. The summed E-state index contributed by atoms with van der Waals surface area (Å²) in [5.41, 5.74) is 2.92. The fraction of sp³-hybridized carbons (Fsp3) is 0.389. The zero-order valence-corrected chi connectivity index (χ0v) is 13.1. The van der Waals surface area contributed by atoms with Crippen LogP contribution in [0.4, 0.5) is 0 Å². The predicted molar refractivity (Wildman–Crippen MR) is 86.8 cm³/mol. The van der Waals surface area contributed by atoms with Gasteiger partial charge >= 0.3 is 0 Å². The molecule has 1 amide bonds. The van der Waals surface area contributed by atoms with E-state index in [4.69, 9.17) is 0 Å². The van der Waals surface area contributed by atoms with Crippen LogP contribution in [0.5, 0.6) is 0 Å². The molecule has 2 aromatic rings. The van der Waals surface area contributed by atoms with Gasteiger partial charge in [0.2, 0.25) is 0 Å². The number of aromatic nitrogens is 2. The van der Waals surface area contributed by atoms with Gasteiger partial charge in [0.15, 0.2) is 0 Å². The maximum atomic E-state index is 13.0. The quantitative estimate of drug-likeness (QED) is 0.919. The Labute approximate surface area is 135 Å². The SMILES string of the molecule is Cc1ccccc1[C@@H]1[C@H]2CNC[C@H]2CN1C(=O)c1cnccn1. The molecule has 3 atom stereocenters. The zero-order chi connectivity index (χ0) is 15.8. The van der Waals surface area contributed by atoms with Crippen LogP contribution in [-0.2, 0) is 0 Å². The summed E-state index contributed by atoms with van der Waals surface area (Å²) in [6.07, 6.45) is 4.73. The van der Waals surface area contributed by atoms with Crippen LogP contribution in [0.25, 0.3) is 0 Å². The first-order valence-electron chi connectivity index (χ1n) is 8.09. The fourth-order valence-electron chi connectivity index (χ4n) is 4.00. The van der Waals surface area contributed by atoms with E-state index in [9.17, 15) is 4.79 Å². The van der Waals surface area contributed by atoms with Crippen LogP contribution in [0.15, 0.2) is 42.9 Å². The smallest absolute Gasteiger partial charge is 0.274 e. The first-order valence-corrected chi connectivity index (χ1v) is 8.09. The van der Waals surface area contributed by atoms with E-state index in [0.717, 1.165) is 19.6 Å². The third-order valence-corrected chi connectivity index (χ3v) is 5.11. The lowest BCUT2D eigenvalue weighted by molar-refractivity contribution is 0.0707. The molecule has 1 N–H and O–H groups in total. The molecule has 3 heterocycles. The van der Waals surface area contributed by atoms with Crippen LogP contribution < -0.4 is 5.32 Å². The summed E-state index contributed by atoms with van der Waals surface area (Å²) in [5, 5.41) is 3.48. The van der Waals surface area contributed by atoms with Crippen molar-refractivity contribution in [2.45, 2.75) is 13.0 Å². The van der Waals surface area contributed by atoms with Crippen molar-refractivity contribution in [3.8, 4) is 0 Å². The highest BCUT2D eigenvalue weighted by Crippen LogP contribution is 2.43. The third-order valence-electron chi connectivity index (χ3n) is 5.11. The molecule has 2 fully saturated rings. The number of fused-ring (bicyclic) bond motifs is 1. The molecular weight excluding hydrogens is 288 g/mol. The molecule has 4 rings (SSSR count). The van der Waals surface area contributed by atoms with Crippen molar-refractivity contribution in [2.75, 3.05) is 19.6 Å². The number of hydrogen-bond acceptors (Lipinski definition) is 4. The normalized spacial score (nSPS) is 26.3. The van der Waals surface area contributed by atoms with Gasteiger partial charge < -0.3 is 10.2 Å². The van der Waals surface area contributed by atoms with Gasteiger partial charge in [0, 0.05) is 37.9 Å². The Morgan fingerprint density at radius 3 is 2.91 bits per heavy atom. The number of carbonyl (C=O) groups is 1. The maximum Gasteiger partial charge on any atom is 0.274 e. The lowest BCUT2D eigenvalue weighted by atomic mass is 9.87. The molecule has 118 valence electrons. The fourth-order valence-corrected chi connectivity index (χ4v) is 4.00. The molecular formula is C18H20N4O. The van der Waals surface area contributed by atoms with Crippen LogP contribution in [0.2, 0.25) is 0 Å². The number of rotatable bonds is 2. The van der Waals surface area contributed by atoms with Gasteiger partial charge in [-0.3, -0.25) is 9.78 Å². The second-order valence-electron chi connectivity index (χ2n) is 6.43. The summed E-state index contributed by atoms with van der Waals surface area (Å²) < 4.78 is 0. The maximum absolute atomic E-state index is 13.0. The Kier molecular flexibility index (Phi) is 3.58. The van der Waals surface area contributed by atoms with Crippen molar-refractivity contribution in [2.24, 2.45) is 11.8 Å². The number of nitrogens with one attached hydrogen (secondary N) is 1. The first kappa shape index (κ1) is 14.3. The average Bonchev–Trinajstić information content (AvgIpc) is 3.17. The molecule has 0 unspecified atom stereocenters. The number of amides is 1. The number of benzene rings is 1. The summed E-state index contributed by atoms with van der Waals surface area (Å²) in [7, 11) is 0. The van der Waals surface area contributed by atoms with E-state index in [1.807, 2.05) is 11.0 Å². The van der Waals surface area contributed by atoms with Gasteiger partial charge in [-0.1, -0.05) is 24.3 Å². The summed E-state index contributed by atoms with van der Waals surface area (Å²) in [5.74, 6) is 0.970. The highest BCUT2D eigenvalue weighted by molar-refractivity contribution is 5.92. The minimum absolute atomic E-state index is 0.0132. The highest BCUT2D eigenvalue weighted by atomic mass is 16.2. The second kappa shape index (κ2) is 5.74. The molecule has 2 aliphatic rings. The van der Waals surface area contributed by atoms with E-state index < -0.39 is 0 Å². The van der Waals surface area contributed by atoms with Gasteiger partial charge in [0.1, 0.15) is 5.69 Å². The summed E-state index contributed by atoms with van der Waals surface area (Å²) in [6.45, 7) is 4.85. The van der Waals surface area contributed by atoms with Crippen molar-refractivity contribution in [3.63, 3.8) is 0 Å². The molecule has 23 heavy (non-hydrogen) atoms. The largest absolute Gasteiger partial charge is 0.330 e. The molecule has 2 aliphatic heterocycles. The van der Waals surface area contributed by atoms with E-state index in [-0.39, 0.29) is 11.9 Å². The molecule has 1 aromatic heterocycles. The van der Waals surface area contributed by atoms with E-state index in [1.54, 1.807) is 18.6 Å². The van der Waals surface area contributed by atoms with Gasteiger partial charge in [-0.2, -0.15) is 0 Å². The minimum atomic E-state index is -0.0132. The Bertz CT molecular complexity index is 718. The molecule has 0 bridgehead atoms. The van der Waals surface area contributed by atoms with Crippen molar-refractivity contribution in [1.82, 2.24) is 20.2 Å². The van der Waals surface area contributed by atoms with E-state index >= 15 is 0 Å². The number of likely N-dealkylation sites (tertiary alicyclic amines) is 1. The van der Waals surface area contributed by atoms with Gasteiger partial charge in [-0.05, 0) is 24.0 Å². The van der Waals surface area contributed by atoms with Crippen molar-refractivity contribution >= 4 is 5.91 Å². The number of nitrogens with zero attached hydrogens (tertiary/aromatic N) is 3. The molecule has 0 saturated carbocycles. The molecule has 5 nitrogen and oxygen atoms in total. The summed E-state index contributed by atoms with van der Waals surface area (Å²) in [6, 6.07) is 8.50. The Hall–Kier alpha value is -2.27. The average molecular weight is 308 g/mol. The number of carbonyl (C=O) groups excluding carboxylic acids is 1. The van der Waals surface area contributed by atoms with Crippen molar-refractivity contribution in [3.05, 3.63) is 59.7 Å². The molecule has 0 radical (unpaired) electrons. The van der Waals surface area contributed by atoms with Crippen LogP contribution in [-0.4, -0.2) is 40.4 Å². The lowest BCUT2D eigenvalue weighted by Gasteiger charge is -2.29. The van der Waals surface area contributed by atoms with E-state index in [0.29, 0.717) is 17.5 Å². The monoisotopic (exact) mass is 308 g/mol. The molecule has 0 aliphatic carbocycles. The van der Waals surface area contributed by atoms with Gasteiger partial charge in [-0.15, -0.1) is 0 Å². The second-order valence-corrected chi connectivity index (χ2v) is 6.43. The van der Waals surface area contributed by atoms with Crippen molar-refractivity contribution in [1.29, 1.82) is 0 Å².